The van der Waals surface area contributed by atoms with Gasteiger partial charge in [-0.1, -0.05) is 18.2 Å². The highest BCUT2D eigenvalue weighted by Gasteiger charge is 2.42. The maximum atomic E-state index is 9.47. The SMILES string of the molecule is CC(C)N1CCC2(CC1)CN(CCc1c[nH]c3ccccc13)c1ccc(Nc3ccnc(CO)c3)cc1O2. The largest absolute Gasteiger partial charge is 0.483 e. The van der Waals surface area contributed by atoms with Gasteiger partial charge >= 0.3 is 0 Å². The Bertz CT molecular complexity index is 1410. The summed E-state index contributed by atoms with van der Waals surface area (Å²) in [6.45, 7) is 8.44. The summed E-state index contributed by atoms with van der Waals surface area (Å²) in [6.07, 6.45) is 6.89. The van der Waals surface area contributed by atoms with Gasteiger partial charge in [0.05, 0.1) is 24.5 Å². The average Bonchev–Trinajstić information content (AvgIpc) is 3.35. The Morgan fingerprint density at radius 3 is 2.71 bits per heavy atom. The van der Waals surface area contributed by atoms with Crippen molar-refractivity contribution in [2.24, 2.45) is 0 Å². The zero-order chi connectivity index (χ0) is 26.1. The van der Waals surface area contributed by atoms with Gasteiger partial charge in [0.2, 0.25) is 0 Å². The first kappa shape index (κ1) is 24.8. The Kier molecular flexibility index (Phi) is 6.72. The predicted octanol–water partition coefficient (Wildman–Crippen LogP) is 5.48. The molecule has 2 aromatic carbocycles. The van der Waals surface area contributed by atoms with E-state index in [0.717, 1.165) is 68.3 Å². The molecule has 4 heterocycles. The van der Waals surface area contributed by atoms with Gasteiger partial charge in [-0.25, -0.2) is 0 Å². The van der Waals surface area contributed by atoms with Crippen LogP contribution in [-0.2, 0) is 13.0 Å². The first-order valence-electron chi connectivity index (χ1n) is 13.7. The Balaban J connectivity index is 1.27. The van der Waals surface area contributed by atoms with Crippen molar-refractivity contribution in [1.82, 2.24) is 14.9 Å². The summed E-state index contributed by atoms with van der Waals surface area (Å²) in [5.74, 6) is 0.939. The van der Waals surface area contributed by atoms with Crippen LogP contribution in [-0.4, -0.2) is 57.8 Å². The number of benzene rings is 2. The fraction of sp³-hybridized carbons (Fsp3) is 0.387. The molecule has 2 aromatic heterocycles. The van der Waals surface area contributed by atoms with Gasteiger partial charge in [0, 0.05) is 79.3 Å². The number of aromatic nitrogens is 2. The van der Waals surface area contributed by atoms with E-state index < -0.39 is 0 Å². The highest BCUT2D eigenvalue weighted by molar-refractivity contribution is 5.83. The molecule has 2 aliphatic heterocycles. The number of piperidine rings is 1. The number of nitrogens with zero attached hydrogens (tertiary/aromatic N) is 3. The second-order valence-corrected chi connectivity index (χ2v) is 10.9. The molecule has 1 fully saturated rings. The molecule has 6 rings (SSSR count). The Labute approximate surface area is 224 Å². The number of aromatic amines is 1. The lowest BCUT2D eigenvalue weighted by Gasteiger charge is -2.49. The molecule has 0 amide bonds. The fourth-order valence-corrected chi connectivity index (χ4v) is 5.94. The highest BCUT2D eigenvalue weighted by Crippen LogP contribution is 2.43. The summed E-state index contributed by atoms with van der Waals surface area (Å²) in [6, 6.07) is 19.3. The Morgan fingerprint density at radius 1 is 1.08 bits per heavy atom. The first-order chi connectivity index (χ1) is 18.5. The third-order valence-electron chi connectivity index (χ3n) is 8.14. The molecule has 2 aliphatic rings. The normalized spacial score (nSPS) is 17.1. The lowest BCUT2D eigenvalue weighted by atomic mass is 9.88. The Morgan fingerprint density at radius 2 is 1.89 bits per heavy atom. The third-order valence-corrected chi connectivity index (χ3v) is 8.14. The van der Waals surface area contributed by atoms with E-state index in [1.165, 1.54) is 16.5 Å². The van der Waals surface area contributed by atoms with E-state index in [9.17, 15) is 5.11 Å². The number of nitrogens with one attached hydrogen (secondary N) is 2. The molecule has 198 valence electrons. The minimum atomic E-state index is -0.183. The number of aliphatic hydroxyl groups excluding tert-OH is 1. The van der Waals surface area contributed by atoms with Crippen molar-refractivity contribution in [3.05, 3.63) is 78.2 Å². The van der Waals surface area contributed by atoms with E-state index >= 15 is 0 Å². The van der Waals surface area contributed by atoms with Crippen molar-refractivity contribution in [3.8, 4) is 5.75 Å². The van der Waals surface area contributed by atoms with Gasteiger partial charge in [0.1, 0.15) is 11.4 Å². The van der Waals surface area contributed by atoms with E-state index in [-0.39, 0.29) is 12.2 Å². The number of H-pyrrole nitrogens is 1. The topological polar surface area (TPSA) is 76.7 Å². The number of pyridine rings is 1. The van der Waals surface area contributed by atoms with Gasteiger partial charge in [0.15, 0.2) is 0 Å². The first-order valence-corrected chi connectivity index (χ1v) is 13.7. The summed E-state index contributed by atoms with van der Waals surface area (Å²) in [5, 5.41) is 14.2. The van der Waals surface area contributed by atoms with Crippen LogP contribution >= 0.6 is 0 Å². The number of aliphatic hydroxyl groups is 1. The number of anilines is 3. The molecule has 1 spiro atoms. The van der Waals surface area contributed by atoms with Gasteiger partial charge < -0.3 is 29.9 Å². The lowest BCUT2D eigenvalue weighted by molar-refractivity contribution is -0.00683. The fourth-order valence-electron chi connectivity index (χ4n) is 5.94. The summed E-state index contributed by atoms with van der Waals surface area (Å²) < 4.78 is 6.88. The molecular weight excluding hydrogens is 474 g/mol. The molecule has 7 nitrogen and oxygen atoms in total. The van der Waals surface area contributed by atoms with E-state index in [4.69, 9.17) is 4.74 Å². The van der Waals surface area contributed by atoms with Crippen molar-refractivity contribution in [3.63, 3.8) is 0 Å². The second-order valence-electron chi connectivity index (χ2n) is 10.9. The molecule has 0 radical (unpaired) electrons. The van der Waals surface area contributed by atoms with E-state index in [1.807, 2.05) is 12.1 Å². The number of hydrogen-bond donors (Lipinski definition) is 3. The van der Waals surface area contributed by atoms with E-state index in [0.29, 0.717) is 11.7 Å². The summed E-state index contributed by atoms with van der Waals surface area (Å²) >= 11 is 0. The highest BCUT2D eigenvalue weighted by atomic mass is 16.5. The minimum Gasteiger partial charge on any atom is -0.483 e. The minimum absolute atomic E-state index is 0.0792. The molecule has 38 heavy (non-hydrogen) atoms. The molecule has 1 saturated heterocycles. The van der Waals surface area contributed by atoms with Gasteiger partial charge in [0.25, 0.3) is 0 Å². The molecule has 7 heteroatoms. The zero-order valence-corrected chi connectivity index (χ0v) is 22.3. The van der Waals surface area contributed by atoms with Crippen LogP contribution in [0, 0.1) is 0 Å². The van der Waals surface area contributed by atoms with Gasteiger partial charge in [-0.05, 0) is 56.2 Å². The lowest BCUT2D eigenvalue weighted by Crippen LogP contribution is -2.57. The molecule has 0 unspecified atom stereocenters. The van der Waals surface area contributed by atoms with Gasteiger partial charge in [-0.3, -0.25) is 4.98 Å². The van der Waals surface area contributed by atoms with Crippen LogP contribution in [0.4, 0.5) is 17.1 Å². The van der Waals surface area contributed by atoms with Crippen molar-refractivity contribution in [2.75, 3.05) is 36.4 Å². The zero-order valence-electron chi connectivity index (χ0n) is 22.3. The molecule has 0 saturated carbocycles. The van der Waals surface area contributed by atoms with Crippen molar-refractivity contribution < 1.29 is 9.84 Å². The van der Waals surface area contributed by atoms with E-state index in [2.05, 4.69) is 87.6 Å². The van der Waals surface area contributed by atoms with Crippen LogP contribution < -0.4 is 15.0 Å². The molecular formula is C31H37N5O2. The standard InChI is InChI=1S/C31H37N5O2/c1-22(2)35-15-11-31(12-16-35)21-36(14-10-23-19-33-28-6-4-3-5-27(23)28)29-8-7-24(18-30(29)38-31)34-25-9-13-32-26(17-25)20-37/h3-9,13,17-19,22,33,37H,10-12,14-16,20-21H2,1-2H3,(H,32,34). The monoisotopic (exact) mass is 511 g/mol. The summed E-state index contributed by atoms with van der Waals surface area (Å²) in [4.78, 5) is 12.7. The smallest absolute Gasteiger partial charge is 0.145 e. The number of hydrogen-bond acceptors (Lipinski definition) is 6. The van der Waals surface area contributed by atoms with Gasteiger partial charge in [-0.2, -0.15) is 0 Å². The molecule has 3 N–H and O–H groups in total. The maximum Gasteiger partial charge on any atom is 0.145 e. The maximum absolute atomic E-state index is 9.47. The summed E-state index contributed by atoms with van der Waals surface area (Å²) in [7, 11) is 0. The van der Waals surface area contributed by atoms with E-state index in [1.54, 1.807) is 6.20 Å². The van der Waals surface area contributed by atoms with Crippen molar-refractivity contribution in [1.29, 1.82) is 0 Å². The number of likely N-dealkylation sites (tertiary alicyclic amines) is 1. The van der Waals surface area contributed by atoms with Crippen LogP contribution in [0.25, 0.3) is 10.9 Å². The molecule has 0 bridgehead atoms. The van der Waals surface area contributed by atoms with Crippen molar-refractivity contribution >= 4 is 28.0 Å². The quantitative estimate of drug-likeness (QED) is 0.305. The number of fused-ring (bicyclic) bond motifs is 2. The summed E-state index contributed by atoms with van der Waals surface area (Å²) in [5.41, 5.74) is 6.02. The predicted molar refractivity (Wildman–Crippen MR) is 153 cm³/mol. The van der Waals surface area contributed by atoms with Crippen LogP contribution in [0.3, 0.4) is 0 Å². The van der Waals surface area contributed by atoms with Crippen molar-refractivity contribution in [2.45, 2.75) is 51.4 Å². The average molecular weight is 512 g/mol. The van der Waals surface area contributed by atoms with Crippen LogP contribution in [0.1, 0.15) is 37.9 Å². The molecule has 4 aromatic rings. The van der Waals surface area contributed by atoms with Gasteiger partial charge in [-0.15, -0.1) is 0 Å². The number of ether oxygens (including phenoxy) is 1. The second kappa shape index (κ2) is 10.3. The Hall–Kier alpha value is -3.55. The number of para-hydroxylation sites is 1. The number of rotatable bonds is 7. The van der Waals surface area contributed by atoms with Crippen LogP contribution in [0.2, 0.25) is 0 Å². The molecule has 0 aliphatic carbocycles. The van der Waals surface area contributed by atoms with Crippen LogP contribution in [0.15, 0.2) is 67.0 Å². The van der Waals surface area contributed by atoms with Crippen LogP contribution in [0.5, 0.6) is 5.75 Å². The third kappa shape index (κ3) is 4.96. The molecule has 0 atom stereocenters.